The molecule has 0 radical (unpaired) electrons. The summed E-state index contributed by atoms with van der Waals surface area (Å²) < 4.78 is 6.75. The van der Waals surface area contributed by atoms with E-state index in [1.807, 2.05) is 0 Å². The Kier molecular flexibility index (Phi) is 8.39. The molecule has 11 rings (SSSR count). The zero-order valence-electron chi connectivity index (χ0n) is 34.7. The number of benzene rings is 9. The van der Waals surface area contributed by atoms with Crippen LogP contribution < -0.4 is 32.2 Å². The lowest BCUT2D eigenvalue weighted by molar-refractivity contribution is 0.673. The van der Waals surface area contributed by atoms with Crippen molar-refractivity contribution >= 4 is 116 Å². The third kappa shape index (κ3) is 5.15. The monoisotopic (exact) mass is 761 g/mol. The van der Waals surface area contributed by atoms with E-state index in [0.29, 0.717) is 0 Å². The number of rotatable bonds is 6. The summed E-state index contributed by atoms with van der Waals surface area (Å²) in [5, 5.41) is 4.56. The molecule has 2 nitrogen and oxygen atoms in total. The van der Waals surface area contributed by atoms with Crippen LogP contribution in [0.1, 0.15) is 22.3 Å². The molecule has 0 unspecified atom stereocenters. The molecule has 1 aliphatic carbocycles. The maximum absolute atomic E-state index is 6.75. The minimum atomic E-state index is -0.525. The Morgan fingerprint density at radius 3 is 1.73 bits per heavy atom. The predicted molar refractivity (Wildman–Crippen MR) is 270 cm³/mol. The number of fused-ring (bicyclic) bond motifs is 8. The Balaban J connectivity index is 1.23. The molecule has 0 aliphatic heterocycles. The van der Waals surface area contributed by atoms with E-state index < -0.39 is 5.41 Å². The zero-order valence-corrected chi connectivity index (χ0v) is 34.7. The molecule has 10 aromatic rings. The number of furan rings is 1. The van der Waals surface area contributed by atoms with Gasteiger partial charge < -0.3 is 9.32 Å². The van der Waals surface area contributed by atoms with Crippen LogP contribution in [0.4, 0.5) is 17.1 Å². The van der Waals surface area contributed by atoms with E-state index in [4.69, 9.17) is 4.42 Å². The lowest BCUT2D eigenvalue weighted by atomic mass is 9.61. The molecule has 1 aromatic heterocycles. The van der Waals surface area contributed by atoms with Crippen LogP contribution in [0.25, 0.3) is 55.0 Å². The van der Waals surface area contributed by atoms with Crippen LogP contribution in [0, 0.1) is 0 Å². The molecule has 60 heavy (non-hydrogen) atoms. The number of hydrogen-bond acceptors (Lipinski definition) is 2. The fourth-order valence-corrected chi connectivity index (χ4v) is 10.5. The van der Waals surface area contributed by atoms with Gasteiger partial charge in [0.2, 0.25) is 0 Å². The molecule has 0 fully saturated rings. The van der Waals surface area contributed by atoms with Crippen LogP contribution in [0.2, 0.25) is 0 Å². The Bertz CT molecular complexity index is 3270. The van der Waals surface area contributed by atoms with Crippen molar-refractivity contribution in [3.05, 3.63) is 204 Å². The van der Waals surface area contributed by atoms with Crippen molar-refractivity contribution in [2.24, 2.45) is 0 Å². The molecule has 0 saturated carbocycles. The summed E-state index contributed by atoms with van der Waals surface area (Å²) in [4.78, 5) is 2.56. The highest BCUT2D eigenvalue weighted by Crippen LogP contribution is 2.57. The molecule has 1 aliphatic rings. The molecule has 0 atom stereocenters. The molecule has 0 saturated heterocycles. The molecule has 7 heteroatoms. The maximum atomic E-state index is 6.75. The number of nitrogens with zero attached hydrogens (tertiary/aromatic N) is 1. The highest BCUT2D eigenvalue weighted by atomic mass is 16.3. The van der Waals surface area contributed by atoms with Crippen molar-refractivity contribution < 1.29 is 4.42 Å². The summed E-state index contributed by atoms with van der Waals surface area (Å²) in [6.07, 6.45) is 0. The molecule has 0 N–H and O–H groups in total. The number of hydrogen-bond donors (Lipinski definition) is 0. The van der Waals surface area contributed by atoms with Gasteiger partial charge in [0.25, 0.3) is 0 Å². The SMILES string of the molecule is Bc1c(B)c(B)c(N(c2ccc3c(c2)C(c2ccccc2)(c2ccccc2)c2ccccc2-3)c2ccccc2-c2cccc3oc4c5ccccc5ccc4c23)c(B)c1B. The summed E-state index contributed by atoms with van der Waals surface area (Å²) in [6, 6.07) is 66.9. The summed E-state index contributed by atoms with van der Waals surface area (Å²) in [7, 11) is 11.4. The number of anilines is 3. The second-order valence-electron chi connectivity index (χ2n) is 16.5. The van der Waals surface area contributed by atoms with Gasteiger partial charge in [0.15, 0.2) is 0 Å². The van der Waals surface area contributed by atoms with Crippen LogP contribution in [0.15, 0.2) is 186 Å². The van der Waals surface area contributed by atoms with Gasteiger partial charge >= 0.3 is 0 Å². The summed E-state index contributed by atoms with van der Waals surface area (Å²) in [5.74, 6) is 0. The minimum absolute atomic E-state index is 0.525. The topological polar surface area (TPSA) is 16.4 Å². The van der Waals surface area contributed by atoms with Crippen molar-refractivity contribution in [2.75, 3.05) is 4.90 Å². The molecular formula is C53H40B5NO. The molecule has 278 valence electrons. The quantitative estimate of drug-likeness (QED) is 0.208. The summed E-state index contributed by atoms with van der Waals surface area (Å²) >= 11 is 0. The Morgan fingerprint density at radius 2 is 1.00 bits per heavy atom. The van der Waals surface area contributed by atoms with Gasteiger partial charge in [-0.15, -0.1) is 5.46 Å². The normalized spacial score (nSPS) is 12.8. The Hall–Kier alpha value is -6.84. The Morgan fingerprint density at radius 1 is 0.417 bits per heavy atom. The van der Waals surface area contributed by atoms with Gasteiger partial charge in [-0.1, -0.05) is 174 Å². The van der Waals surface area contributed by atoms with Gasteiger partial charge in [-0.05, 0) is 74.7 Å². The van der Waals surface area contributed by atoms with E-state index in [0.717, 1.165) is 49.8 Å². The van der Waals surface area contributed by atoms with Crippen molar-refractivity contribution in [1.29, 1.82) is 0 Å². The minimum Gasteiger partial charge on any atom is -0.455 e. The van der Waals surface area contributed by atoms with E-state index in [-0.39, 0.29) is 0 Å². The van der Waals surface area contributed by atoms with Gasteiger partial charge in [0.05, 0.1) is 11.1 Å². The first-order chi connectivity index (χ1) is 29.4. The van der Waals surface area contributed by atoms with Crippen LogP contribution in [-0.4, -0.2) is 39.2 Å². The lowest BCUT2D eigenvalue weighted by Crippen LogP contribution is -2.56. The average molecular weight is 761 g/mol. The molecule has 0 spiro atoms. The smallest absolute Gasteiger partial charge is 0.143 e. The van der Waals surface area contributed by atoms with Gasteiger partial charge in [-0.3, -0.25) is 0 Å². The Labute approximate surface area is 355 Å². The van der Waals surface area contributed by atoms with Crippen LogP contribution in [0.5, 0.6) is 0 Å². The predicted octanol–water partition coefficient (Wildman–Crippen LogP) is 5.53. The van der Waals surface area contributed by atoms with Crippen molar-refractivity contribution in [1.82, 2.24) is 0 Å². The highest BCUT2D eigenvalue weighted by Gasteiger charge is 2.46. The third-order valence-electron chi connectivity index (χ3n) is 13.7. The third-order valence-corrected chi connectivity index (χ3v) is 13.7. The largest absolute Gasteiger partial charge is 0.455 e. The van der Waals surface area contributed by atoms with Crippen LogP contribution in [-0.2, 0) is 5.41 Å². The first kappa shape index (κ1) is 36.3. The maximum Gasteiger partial charge on any atom is 0.143 e. The van der Waals surface area contributed by atoms with Gasteiger partial charge in [0, 0.05) is 33.1 Å². The first-order valence-corrected chi connectivity index (χ1v) is 21.0. The van der Waals surface area contributed by atoms with Crippen LogP contribution >= 0.6 is 0 Å². The average Bonchev–Trinajstić information content (AvgIpc) is 3.84. The molecule has 9 aromatic carbocycles. The molecular weight excluding hydrogens is 721 g/mol. The van der Waals surface area contributed by atoms with Gasteiger partial charge in [0.1, 0.15) is 50.4 Å². The second kappa shape index (κ2) is 13.9. The summed E-state index contributed by atoms with van der Waals surface area (Å²) in [5.41, 5.74) is 21.3. The zero-order chi connectivity index (χ0) is 40.7. The van der Waals surface area contributed by atoms with Crippen molar-refractivity contribution in [3.8, 4) is 22.3 Å². The van der Waals surface area contributed by atoms with E-state index in [1.54, 1.807) is 0 Å². The standard InChI is InChI=1S/C53H40B5NO/c54-46-47(55)49(57)51(50(58)48(46)56)59(43-24-12-10-21-38(43)39-22-13-25-44-45(39)40-28-26-31-14-7-8-19-35(31)52(40)60-44)34-27-29-37-36-20-9-11-23-41(36)53(42(37)30-34,32-15-3-1-4-16-32)33-17-5-2-6-18-33/h1-30H,54-58H2. The fourth-order valence-electron chi connectivity index (χ4n) is 10.5. The molecule has 1 heterocycles. The lowest BCUT2D eigenvalue weighted by Gasteiger charge is -2.36. The molecule has 0 bridgehead atoms. The highest BCUT2D eigenvalue weighted by molar-refractivity contribution is 6.69. The van der Waals surface area contributed by atoms with E-state index in [2.05, 4.69) is 226 Å². The van der Waals surface area contributed by atoms with Crippen molar-refractivity contribution in [2.45, 2.75) is 5.41 Å². The van der Waals surface area contributed by atoms with Crippen LogP contribution in [0.3, 0.4) is 0 Å². The van der Waals surface area contributed by atoms with Gasteiger partial charge in [-0.25, -0.2) is 0 Å². The summed E-state index contributed by atoms with van der Waals surface area (Å²) in [6.45, 7) is 0. The van der Waals surface area contributed by atoms with E-state index in [9.17, 15) is 0 Å². The van der Waals surface area contributed by atoms with Gasteiger partial charge in [-0.2, -0.15) is 0 Å². The number of para-hydroxylation sites is 1. The molecule has 0 amide bonds. The van der Waals surface area contributed by atoms with E-state index >= 15 is 0 Å². The second-order valence-corrected chi connectivity index (χ2v) is 16.5. The van der Waals surface area contributed by atoms with E-state index in [1.165, 1.54) is 71.8 Å². The fraction of sp³-hybridized carbons (Fsp3) is 0.0189. The van der Waals surface area contributed by atoms with Crippen molar-refractivity contribution in [3.63, 3.8) is 0 Å². The first-order valence-electron chi connectivity index (χ1n) is 21.0.